The van der Waals surface area contributed by atoms with Crippen LogP contribution >= 0.6 is 11.3 Å². The molecule has 0 spiro atoms. The van der Waals surface area contributed by atoms with Crippen molar-refractivity contribution in [3.05, 3.63) is 22.6 Å². The molecule has 132 valence electrons. The molecule has 3 aromatic rings. The number of rotatable bonds is 5. The number of amides is 1. The van der Waals surface area contributed by atoms with E-state index in [0.717, 1.165) is 41.7 Å². The Morgan fingerprint density at radius 1 is 1.36 bits per heavy atom. The number of nitrogens with zero attached hydrogens (tertiary/aromatic N) is 5. The Morgan fingerprint density at radius 3 is 3.04 bits per heavy atom. The number of carbonyl (C=O) groups is 1. The fourth-order valence-corrected chi connectivity index (χ4v) is 4.55. The molecular formula is C17H22N6OS. The predicted molar refractivity (Wildman–Crippen MR) is 98.3 cm³/mol. The molecule has 0 aromatic carbocycles. The van der Waals surface area contributed by atoms with Crippen molar-refractivity contribution in [2.24, 2.45) is 0 Å². The number of hydrogen-bond acceptors (Lipinski definition) is 6. The maximum atomic E-state index is 12.3. The van der Waals surface area contributed by atoms with E-state index in [1.165, 1.54) is 23.3 Å². The van der Waals surface area contributed by atoms with Crippen molar-refractivity contribution in [2.45, 2.75) is 32.1 Å². The van der Waals surface area contributed by atoms with Gasteiger partial charge in [0.1, 0.15) is 11.2 Å². The van der Waals surface area contributed by atoms with Crippen molar-refractivity contribution in [3.8, 4) is 0 Å². The predicted octanol–water partition coefficient (Wildman–Crippen LogP) is 1.90. The SMILES string of the molecule is CN(C)CCCNC(=O)c1nc2c3c4c(sc3ncn2n1)CCCC4. The van der Waals surface area contributed by atoms with Crippen LogP contribution in [0.3, 0.4) is 0 Å². The highest BCUT2D eigenvalue weighted by atomic mass is 32.1. The summed E-state index contributed by atoms with van der Waals surface area (Å²) < 4.78 is 1.64. The second-order valence-electron chi connectivity index (χ2n) is 6.75. The van der Waals surface area contributed by atoms with Crippen molar-refractivity contribution in [1.29, 1.82) is 0 Å². The largest absolute Gasteiger partial charge is 0.349 e. The summed E-state index contributed by atoms with van der Waals surface area (Å²) in [5.74, 6) is -0.00499. The monoisotopic (exact) mass is 358 g/mol. The highest BCUT2D eigenvalue weighted by Crippen LogP contribution is 2.36. The van der Waals surface area contributed by atoms with E-state index in [1.54, 1.807) is 22.2 Å². The van der Waals surface area contributed by atoms with Crippen LogP contribution in [0.15, 0.2) is 6.33 Å². The van der Waals surface area contributed by atoms with Crippen LogP contribution in [0.4, 0.5) is 0 Å². The van der Waals surface area contributed by atoms with Crippen molar-refractivity contribution in [2.75, 3.05) is 27.2 Å². The minimum atomic E-state index is -0.222. The van der Waals surface area contributed by atoms with Crippen LogP contribution in [-0.2, 0) is 12.8 Å². The molecule has 0 radical (unpaired) electrons. The maximum Gasteiger partial charge on any atom is 0.290 e. The Bertz CT molecular complexity index is 928. The lowest BCUT2D eigenvalue weighted by atomic mass is 9.97. The summed E-state index contributed by atoms with van der Waals surface area (Å²) >= 11 is 1.75. The molecule has 3 heterocycles. The van der Waals surface area contributed by atoms with Crippen molar-refractivity contribution in [3.63, 3.8) is 0 Å². The quantitative estimate of drug-likeness (QED) is 0.705. The molecule has 0 saturated heterocycles. The van der Waals surface area contributed by atoms with E-state index in [0.29, 0.717) is 6.54 Å². The number of aryl methyl sites for hydroxylation is 2. The second kappa shape index (κ2) is 6.68. The summed E-state index contributed by atoms with van der Waals surface area (Å²) in [5.41, 5.74) is 2.11. The van der Waals surface area contributed by atoms with Gasteiger partial charge in [-0.1, -0.05) is 0 Å². The van der Waals surface area contributed by atoms with E-state index < -0.39 is 0 Å². The average molecular weight is 358 g/mol. The lowest BCUT2D eigenvalue weighted by molar-refractivity contribution is 0.0942. The first kappa shape index (κ1) is 16.4. The Morgan fingerprint density at radius 2 is 2.20 bits per heavy atom. The van der Waals surface area contributed by atoms with Gasteiger partial charge in [0.25, 0.3) is 5.91 Å². The molecule has 0 atom stereocenters. The summed E-state index contributed by atoms with van der Waals surface area (Å²) in [6.45, 7) is 1.55. The van der Waals surface area contributed by atoms with Gasteiger partial charge in [-0.05, 0) is 58.3 Å². The molecule has 0 unspecified atom stereocenters. The van der Waals surface area contributed by atoms with Gasteiger partial charge in [-0.15, -0.1) is 16.4 Å². The molecule has 0 fully saturated rings. The Kier molecular flexibility index (Phi) is 4.39. The smallest absolute Gasteiger partial charge is 0.290 e. The van der Waals surface area contributed by atoms with Crippen LogP contribution in [0.1, 0.15) is 40.3 Å². The second-order valence-corrected chi connectivity index (χ2v) is 7.84. The summed E-state index contributed by atoms with van der Waals surface area (Å²) in [4.78, 5) is 25.9. The summed E-state index contributed by atoms with van der Waals surface area (Å²) in [6.07, 6.45) is 7.19. The van der Waals surface area contributed by atoms with Crippen molar-refractivity contribution in [1.82, 2.24) is 29.8 Å². The first-order chi connectivity index (χ1) is 12.1. The van der Waals surface area contributed by atoms with E-state index in [4.69, 9.17) is 0 Å². The highest BCUT2D eigenvalue weighted by Gasteiger charge is 2.22. The summed E-state index contributed by atoms with van der Waals surface area (Å²) in [6, 6.07) is 0. The van der Waals surface area contributed by atoms with Crippen LogP contribution in [0.5, 0.6) is 0 Å². The lowest BCUT2D eigenvalue weighted by Gasteiger charge is -2.09. The molecular weight excluding hydrogens is 336 g/mol. The third kappa shape index (κ3) is 3.11. The summed E-state index contributed by atoms with van der Waals surface area (Å²) in [7, 11) is 4.04. The Hall–Kier alpha value is -2.06. The zero-order valence-corrected chi connectivity index (χ0v) is 15.4. The van der Waals surface area contributed by atoms with Gasteiger partial charge in [-0.25, -0.2) is 14.5 Å². The van der Waals surface area contributed by atoms with Crippen molar-refractivity contribution < 1.29 is 4.79 Å². The number of carbonyl (C=O) groups excluding carboxylic acids is 1. The topological polar surface area (TPSA) is 75.4 Å². The Balaban J connectivity index is 1.62. The number of nitrogens with one attached hydrogen (secondary N) is 1. The zero-order valence-electron chi connectivity index (χ0n) is 14.6. The molecule has 8 heteroatoms. The Labute approximate surface area is 150 Å². The van der Waals surface area contributed by atoms with Gasteiger partial charge in [0.05, 0.1) is 5.39 Å². The van der Waals surface area contributed by atoms with Gasteiger partial charge >= 0.3 is 0 Å². The molecule has 0 bridgehead atoms. The standard InChI is InChI=1S/C17H22N6OS/c1-22(2)9-5-8-18-16(24)14-20-15-13-11-6-3-4-7-12(11)25-17(13)19-10-23(15)21-14/h10H,3-9H2,1-2H3,(H,18,24). The van der Waals surface area contributed by atoms with E-state index in [1.807, 2.05) is 14.1 Å². The van der Waals surface area contributed by atoms with Crippen LogP contribution in [0.25, 0.3) is 15.9 Å². The van der Waals surface area contributed by atoms with Gasteiger partial charge < -0.3 is 10.2 Å². The minimum Gasteiger partial charge on any atom is -0.349 e. The molecule has 25 heavy (non-hydrogen) atoms. The molecule has 3 aromatic heterocycles. The van der Waals surface area contributed by atoms with Gasteiger partial charge in [0, 0.05) is 11.4 Å². The van der Waals surface area contributed by atoms with E-state index in [9.17, 15) is 4.79 Å². The fraction of sp³-hybridized carbons (Fsp3) is 0.529. The normalized spacial score (nSPS) is 14.4. The maximum absolute atomic E-state index is 12.3. The zero-order chi connectivity index (χ0) is 17.4. The molecule has 1 amide bonds. The summed E-state index contributed by atoms with van der Waals surface area (Å²) in [5, 5.41) is 8.31. The number of aromatic nitrogens is 4. The van der Waals surface area contributed by atoms with Crippen LogP contribution in [-0.4, -0.2) is 57.6 Å². The molecule has 0 saturated carbocycles. The number of fused-ring (bicyclic) bond motifs is 5. The molecule has 1 aliphatic carbocycles. The van der Waals surface area contributed by atoms with E-state index in [-0.39, 0.29) is 11.7 Å². The van der Waals surface area contributed by atoms with Crippen molar-refractivity contribution >= 4 is 33.1 Å². The van der Waals surface area contributed by atoms with Gasteiger partial charge in [-0.2, -0.15) is 0 Å². The van der Waals surface area contributed by atoms with Gasteiger partial charge in [0.15, 0.2) is 5.65 Å². The average Bonchev–Trinajstić information content (AvgIpc) is 3.18. The van der Waals surface area contributed by atoms with Crippen LogP contribution < -0.4 is 5.32 Å². The molecule has 1 aliphatic rings. The lowest BCUT2D eigenvalue weighted by Crippen LogP contribution is -2.28. The molecule has 0 aliphatic heterocycles. The highest BCUT2D eigenvalue weighted by molar-refractivity contribution is 7.19. The first-order valence-corrected chi connectivity index (χ1v) is 9.53. The first-order valence-electron chi connectivity index (χ1n) is 8.72. The molecule has 7 nitrogen and oxygen atoms in total. The third-order valence-corrected chi connectivity index (χ3v) is 5.76. The van der Waals surface area contributed by atoms with E-state index >= 15 is 0 Å². The third-order valence-electron chi connectivity index (χ3n) is 4.56. The van der Waals surface area contributed by atoms with Crippen LogP contribution in [0.2, 0.25) is 0 Å². The van der Waals surface area contributed by atoms with Gasteiger partial charge in [0.2, 0.25) is 5.82 Å². The van der Waals surface area contributed by atoms with Crippen LogP contribution in [0, 0.1) is 0 Å². The number of thiophene rings is 1. The molecule has 1 N–H and O–H groups in total. The van der Waals surface area contributed by atoms with Gasteiger partial charge in [-0.3, -0.25) is 4.79 Å². The van der Waals surface area contributed by atoms with E-state index in [2.05, 4.69) is 25.3 Å². The number of hydrogen-bond donors (Lipinski definition) is 1. The minimum absolute atomic E-state index is 0.218. The molecule has 4 rings (SSSR count). The fourth-order valence-electron chi connectivity index (χ4n) is 3.33.